The molecule has 364 valence electrons. The fourth-order valence-electron chi connectivity index (χ4n) is 8.63. The van der Waals surface area contributed by atoms with E-state index in [2.05, 4.69) is 39.4 Å². The molecule has 1 atom stereocenters. The maximum atomic E-state index is 14.0. The van der Waals surface area contributed by atoms with Gasteiger partial charge >= 0.3 is 0 Å². The van der Waals surface area contributed by atoms with Crippen molar-refractivity contribution >= 4 is 53.1 Å². The molecular weight excluding hydrogens is 879 g/mol. The number of ether oxygens (including phenoxy) is 7. The van der Waals surface area contributed by atoms with Gasteiger partial charge in [0.2, 0.25) is 0 Å². The lowest BCUT2D eigenvalue weighted by Gasteiger charge is -2.26. The number of hydrogen-bond donors (Lipinski definition) is 1. The number of aldehydes is 2. The van der Waals surface area contributed by atoms with E-state index < -0.39 is 0 Å². The molecule has 1 unspecified atom stereocenters. The molecule has 2 aliphatic rings. The molecule has 2 aliphatic heterocycles. The molecule has 5 aromatic rings. The summed E-state index contributed by atoms with van der Waals surface area (Å²) in [5.74, 6) is 1.54. The topological polar surface area (TPSA) is 150 Å². The van der Waals surface area contributed by atoms with Gasteiger partial charge in [0.1, 0.15) is 19.5 Å². The van der Waals surface area contributed by atoms with Gasteiger partial charge in [-0.3, -0.25) is 14.6 Å². The van der Waals surface area contributed by atoms with E-state index in [1.165, 1.54) is 12.7 Å². The van der Waals surface area contributed by atoms with E-state index in [1.54, 1.807) is 50.4 Å². The number of likely N-dealkylation sites (N-methyl/N-ethyl adjacent to an activating group) is 1. The van der Waals surface area contributed by atoms with Crippen LogP contribution in [-0.2, 0) is 45.1 Å². The Hall–Kier alpha value is -6.94. The van der Waals surface area contributed by atoms with Gasteiger partial charge in [-0.1, -0.05) is 36.4 Å². The summed E-state index contributed by atoms with van der Waals surface area (Å²) in [5.41, 5.74) is 8.89. The highest BCUT2D eigenvalue weighted by Crippen LogP contribution is 2.39. The Kier molecular flexibility index (Phi) is 18.0. The first-order chi connectivity index (χ1) is 33.8. The molecule has 69 heavy (non-hydrogen) atoms. The number of nitrogens with zero attached hydrogens (tertiary/aromatic N) is 4. The Bertz CT molecular complexity index is 2570. The van der Waals surface area contributed by atoms with Crippen LogP contribution < -0.4 is 39.0 Å². The smallest absolute Gasteiger partial charge is 0.260 e. The highest BCUT2D eigenvalue weighted by Gasteiger charge is 2.29. The van der Waals surface area contributed by atoms with Crippen molar-refractivity contribution in [2.75, 3.05) is 108 Å². The SMILES string of the molecule is CNc1cc(OCc2cc(COc3cc(/N=C\C4Cc5ccccc5N4C)c(C=O)cc3OC)cc(N(CCCC=O)CCOCCOCCOC)c2)c(OC)cc1C(=O)N1CCc2ccccc21. The molecule has 0 fully saturated rings. The first-order valence-corrected chi connectivity index (χ1v) is 23.3. The largest absolute Gasteiger partial charge is 0.493 e. The van der Waals surface area contributed by atoms with Gasteiger partial charge < -0.3 is 58.0 Å². The maximum absolute atomic E-state index is 14.0. The van der Waals surface area contributed by atoms with E-state index in [0.717, 1.165) is 59.2 Å². The first-order valence-electron chi connectivity index (χ1n) is 23.3. The van der Waals surface area contributed by atoms with Crippen molar-refractivity contribution in [1.82, 2.24) is 0 Å². The van der Waals surface area contributed by atoms with E-state index in [0.29, 0.717) is 111 Å². The third-order valence-electron chi connectivity index (χ3n) is 12.3. The van der Waals surface area contributed by atoms with Crippen LogP contribution in [0.3, 0.4) is 0 Å². The second-order valence-electron chi connectivity index (χ2n) is 16.7. The minimum atomic E-state index is -0.132. The van der Waals surface area contributed by atoms with Gasteiger partial charge in [0.25, 0.3) is 5.91 Å². The number of hydrogen-bond acceptors (Lipinski definition) is 14. The average molecular weight is 942 g/mol. The summed E-state index contributed by atoms with van der Waals surface area (Å²) < 4.78 is 41.2. The predicted molar refractivity (Wildman–Crippen MR) is 269 cm³/mol. The number of carbonyl (C=O) groups is 3. The van der Waals surface area contributed by atoms with Crippen molar-refractivity contribution in [1.29, 1.82) is 0 Å². The number of rotatable bonds is 27. The Balaban J connectivity index is 1.15. The van der Waals surface area contributed by atoms with Crippen LogP contribution in [0.5, 0.6) is 23.0 Å². The van der Waals surface area contributed by atoms with Crippen molar-refractivity contribution in [2.45, 2.75) is 44.9 Å². The average Bonchev–Trinajstić information content (AvgIpc) is 3.96. The van der Waals surface area contributed by atoms with Crippen LogP contribution in [0.2, 0.25) is 0 Å². The van der Waals surface area contributed by atoms with Crippen LogP contribution in [0.1, 0.15) is 55.8 Å². The molecule has 0 radical (unpaired) electrons. The Morgan fingerprint density at radius 1 is 0.768 bits per heavy atom. The molecule has 1 amide bonds. The molecule has 0 spiro atoms. The summed E-state index contributed by atoms with van der Waals surface area (Å²) in [6, 6.07) is 29.3. The molecule has 0 saturated carbocycles. The van der Waals surface area contributed by atoms with E-state index >= 15 is 0 Å². The molecule has 1 N–H and O–H groups in total. The molecular formula is C54H63N5O10. The summed E-state index contributed by atoms with van der Waals surface area (Å²) in [4.78, 5) is 48.8. The lowest BCUT2D eigenvalue weighted by Crippen LogP contribution is -2.29. The third kappa shape index (κ3) is 12.6. The minimum absolute atomic E-state index is 0.0178. The Morgan fingerprint density at radius 2 is 1.43 bits per heavy atom. The van der Waals surface area contributed by atoms with Gasteiger partial charge in [-0.15, -0.1) is 0 Å². The summed E-state index contributed by atoms with van der Waals surface area (Å²) in [7, 11) is 8.54. The Labute approximate surface area is 404 Å². The van der Waals surface area contributed by atoms with Crippen LogP contribution in [0.25, 0.3) is 0 Å². The first kappa shape index (κ1) is 50.0. The van der Waals surface area contributed by atoms with E-state index in [9.17, 15) is 14.4 Å². The Morgan fingerprint density at radius 3 is 2.12 bits per heavy atom. The molecule has 15 nitrogen and oxygen atoms in total. The number of aliphatic imine (C=N–C) groups is 1. The highest BCUT2D eigenvalue weighted by molar-refractivity contribution is 6.11. The lowest BCUT2D eigenvalue weighted by molar-refractivity contribution is -0.107. The molecule has 0 aromatic heterocycles. The number of benzene rings is 5. The van der Waals surface area contributed by atoms with Gasteiger partial charge in [0.15, 0.2) is 29.3 Å². The van der Waals surface area contributed by atoms with Crippen molar-refractivity contribution in [3.05, 3.63) is 124 Å². The van der Waals surface area contributed by atoms with Gasteiger partial charge in [-0.2, -0.15) is 0 Å². The van der Waals surface area contributed by atoms with E-state index in [4.69, 9.17) is 38.2 Å². The highest BCUT2D eigenvalue weighted by atomic mass is 16.5. The predicted octanol–water partition coefficient (Wildman–Crippen LogP) is 8.15. The summed E-state index contributed by atoms with van der Waals surface area (Å²) >= 11 is 0. The molecule has 5 aromatic carbocycles. The van der Waals surface area contributed by atoms with E-state index in [1.807, 2.05) is 55.7 Å². The fourth-order valence-corrected chi connectivity index (χ4v) is 8.63. The number of methoxy groups -OCH3 is 3. The normalized spacial score (nSPS) is 13.8. The second-order valence-corrected chi connectivity index (χ2v) is 16.7. The molecule has 2 heterocycles. The van der Waals surface area contributed by atoms with Crippen molar-refractivity contribution in [3.63, 3.8) is 0 Å². The lowest BCUT2D eigenvalue weighted by atomic mass is 10.1. The van der Waals surface area contributed by atoms with Gasteiger partial charge in [0, 0.05) is 88.2 Å². The maximum Gasteiger partial charge on any atom is 0.260 e. The number of nitrogens with one attached hydrogen (secondary N) is 1. The fraction of sp³-hybridized carbons (Fsp3) is 0.370. The minimum Gasteiger partial charge on any atom is -0.493 e. The molecule has 15 heteroatoms. The van der Waals surface area contributed by atoms with Crippen LogP contribution in [0.4, 0.5) is 28.4 Å². The zero-order chi connectivity index (χ0) is 48.5. The van der Waals surface area contributed by atoms with Crippen LogP contribution >= 0.6 is 0 Å². The number of para-hydroxylation sites is 2. The quantitative estimate of drug-likeness (QED) is 0.0307. The summed E-state index contributed by atoms with van der Waals surface area (Å²) in [5, 5.41) is 3.20. The molecule has 0 bridgehead atoms. The van der Waals surface area contributed by atoms with Crippen molar-refractivity contribution < 1.29 is 47.5 Å². The number of unbranched alkanes of at least 4 members (excludes halogenated alkanes) is 1. The third-order valence-corrected chi connectivity index (χ3v) is 12.3. The van der Waals surface area contributed by atoms with Crippen molar-refractivity contribution in [3.8, 4) is 23.0 Å². The van der Waals surface area contributed by atoms with Crippen LogP contribution in [0, 0.1) is 0 Å². The van der Waals surface area contributed by atoms with Gasteiger partial charge in [-0.25, -0.2) is 0 Å². The number of amides is 1. The number of carbonyl (C=O) groups excluding carboxylic acids is 3. The van der Waals surface area contributed by atoms with Crippen molar-refractivity contribution in [2.24, 2.45) is 4.99 Å². The van der Waals surface area contributed by atoms with Gasteiger partial charge in [-0.05, 0) is 84.0 Å². The standard InChI is InChI=1S/C54H63N5O10/c1-55-47-33-53(51(65-5)31-45(47)54(62)59-18-16-40-12-6-9-15-49(40)59)69-37-39-26-38(27-43(28-39)58(17-10-11-20-60)19-21-66-24-25-67-23-22-63-3)36-68-52-32-46(42(35-61)30-50(52)64-4)56-34-44-29-41-13-7-8-14-48(41)57(44)2/h6-9,12-15,20,26-28,30-35,44,55H,10-11,16-19,21-25,29,36-37H2,1-5H3/b56-34-. The zero-order valence-corrected chi connectivity index (χ0v) is 40.2. The monoisotopic (exact) mass is 941 g/mol. The van der Waals surface area contributed by atoms with Gasteiger partial charge in [0.05, 0.1) is 70.2 Å². The van der Waals surface area contributed by atoms with Crippen LogP contribution in [0.15, 0.2) is 96.0 Å². The second kappa shape index (κ2) is 24.9. The molecule has 7 rings (SSSR count). The number of anilines is 4. The molecule has 0 saturated heterocycles. The zero-order valence-electron chi connectivity index (χ0n) is 40.2. The summed E-state index contributed by atoms with van der Waals surface area (Å²) in [6.45, 7) is 4.29. The van der Waals surface area contributed by atoms with E-state index in [-0.39, 0.29) is 25.2 Å². The molecule has 0 aliphatic carbocycles. The summed E-state index contributed by atoms with van der Waals surface area (Å²) in [6.07, 6.45) is 6.21. The van der Waals surface area contributed by atoms with Crippen LogP contribution in [-0.4, -0.2) is 119 Å². The number of fused-ring (bicyclic) bond motifs is 2.